The molecule has 2 amide bonds. The molecule has 0 spiro atoms. The molecule has 0 atom stereocenters. The number of alkyl halides is 3. The van der Waals surface area contributed by atoms with E-state index in [0.29, 0.717) is 21.5 Å². The first-order chi connectivity index (χ1) is 17.0. The fraction of sp³-hybridized carbons (Fsp3) is 0.167. The number of hydrogen-bond acceptors (Lipinski definition) is 4. The van der Waals surface area contributed by atoms with E-state index in [1.54, 1.807) is 38.1 Å². The summed E-state index contributed by atoms with van der Waals surface area (Å²) >= 11 is 12.5. The summed E-state index contributed by atoms with van der Waals surface area (Å²) in [6.07, 6.45) is -3.53. The molecule has 2 heterocycles. The van der Waals surface area contributed by atoms with Crippen molar-refractivity contribution < 1.29 is 22.8 Å². The quantitative estimate of drug-likeness (QED) is 0.321. The lowest BCUT2D eigenvalue weighted by molar-refractivity contribution is -0.141. The van der Waals surface area contributed by atoms with Crippen LogP contribution in [0.4, 0.5) is 18.9 Å². The number of carbonyl (C=O) groups excluding carboxylic acids is 2. The first kappa shape index (κ1) is 25.5. The number of halogens is 5. The third-order valence-corrected chi connectivity index (χ3v) is 5.68. The summed E-state index contributed by atoms with van der Waals surface area (Å²) in [7, 11) is 0. The van der Waals surface area contributed by atoms with Crippen LogP contribution in [0.1, 0.15) is 40.4 Å². The van der Waals surface area contributed by atoms with Gasteiger partial charge in [0.25, 0.3) is 11.8 Å². The molecule has 0 fully saturated rings. The Morgan fingerprint density at radius 1 is 0.972 bits per heavy atom. The van der Waals surface area contributed by atoms with Gasteiger partial charge in [-0.3, -0.25) is 9.59 Å². The van der Waals surface area contributed by atoms with Crippen molar-refractivity contribution in [3.8, 4) is 5.82 Å². The fourth-order valence-electron chi connectivity index (χ4n) is 3.54. The lowest BCUT2D eigenvalue weighted by Gasteiger charge is -2.17. The molecule has 36 heavy (non-hydrogen) atoms. The first-order valence-corrected chi connectivity index (χ1v) is 11.3. The van der Waals surface area contributed by atoms with E-state index < -0.39 is 29.4 Å². The molecule has 0 radical (unpaired) electrons. The fourth-order valence-corrected chi connectivity index (χ4v) is 4.01. The maximum atomic E-state index is 13.5. The van der Waals surface area contributed by atoms with E-state index in [1.807, 2.05) is 0 Å². The maximum Gasteiger partial charge on any atom is 0.435 e. The van der Waals surface area contributed by atoms with Crippen molar-refractivity contribution in [2.75, 3.05) is 5.32 Å². The summed E-state index contributed by atoms with van der Waals surface area (Å²) in [6.45, 7) is 3.51. The molecule has 0 aliphatic heterocycles. The number of hydrogen-bond donors (Lipinski definition) is 2. The summed E-state index contributed by atoms with van der Waals surface area (Å²) in [5, 5.41) is 10.1. The zero-order chi connectivity index (χ0) is 26.2. The molecule has 0 bridgehead atoms. The summed E-state index contributed by atoms with van der Waals surface area (Å²) in [5.41, 5.74) is -1.68. The van der Waals surface area contributed by atoms with Crippen LogP contribution in [-0.4, -0.2) is 32.6 Å². The van der Waals surface area contributed by atoms with E-state index in [9.17, 15) is 22.8 Å². The number of amides is 2. The van der Waals surface area contributed by atoms with Crippen molar-refractivity contribution in [2.45, 2.75) is 26.1 Å². The summed E-state index contributed by atoms with van der Waals surface area (Å²) in [5.74, 6) is -1.66. The van der Waals surface area contributed by atoms with Gasteiger partial charge in [-0.25, -0.2) is 9.67 Å². The Balaban J connectivity index is 1.88. The number of nitrogens with zero attached hydrogens (tertiary/aromatic N) is 3. The van der Waals surface area contributed by atoms with Crippen molar-refractivity contribution in [3.63, 3.8) is 0 Å². The van der Waals surface area contributed by atoms with Gasteiger partial charge in [0, 0.05) is 34.1 Å². The SMILES string of the molecule is CC(C)NC(=O)c1cc(Cl)c2ccccc2c1NC(=O)c1cc(C(F)(F)F)nn1-c1ncccc1Cl. The summed E-state index contributed by atoms with van der Waals surface area (Å²) < 4.78 is 41.2. The highest BCUT2D eigenvalue weighted by molar-refractivity contribution is 6.37. The number of benzene rings is 2. The van der Waals surface area contributed by atoms with Gasteiger partial charge in [0.05, 0.1) is 16.3 Å². The Morgan fingerprint density at radius 2 is 1.67 bits per heavy atom. The van der Waals surface area contributed by atoms with Crippen LogP contribution in [0.15, 0.2) is 54.7 Å². The molecule has 2 aromatic carbocycles. The molecular weight excluding hydrogens is 518 g/mol. The van der Waals surface area contributed by atoms with Crippen LogP contribution in [0.5, 0.6) is 0 Å². The van der Waals surface area contributed by atoms with Crippen molar-refractivity contribution in [1.82, 2.24) is 20.1 Å². The minimum Gasteiger partial charge on any atom is -0.350 e. The largest absolute Gasteiger partial charge is 0.435 e. The molecule has 0 aliphatic carbocycles. The molecule has 0 aliphatic rings. The lowest BCUT2D eigenvalue weighted by Crippen LogP contribution is -2.31. The van der Waals surface area contributed by atoms with Crippen molar-refractivity contribution in [1.29, 1.82) is 0 Å². The highest BCUT2D eigenvalue weighted by Crippen LogP contribution is 2.35. The number of carbonyl (C=O) groups is 2. The van der Waals surface area contributed by atoms with Gasteiger partial charge in [-0.2, -0.15) is 18.3 Å². The Bertz CT molecular complexity index is 1480. The molecular formula is C24H18Cl2F3N5O2. The highest BCUT2D eigenvalue weighted by Gasteiger charge is 2.37. The lowest BCUT2D eigenvalue weighted by atomic mass is 10.0. The second kappa shape index (κ2) is 9.79. The Hall–Kier alpha value is -3.63. The van der Waals surface area contributed by atoms with Crippen LogP contribution in [0, 0.1) is 0 Å². The standard InChI is InChI=1S/C24H18Cl2F3N5O2/c1-12(2)31-22(35)15-10-17(26)13-6-3-4-7-14(13)20(15)32-23(36)18-11-19(24(27,28)29)33-34(18)21-16(25)8-5-9-30-21/h3-12H,1-2H3,(H,31,35)(H,32,36). The van der Waals surface area contributed by atoms with Crippen molar-refractivity contribution >= 4 is 51.5 Å². The van der Waals surface area contributed by atoms with E-state index in [1.165, 1.54) is 24.4 Å². The van der Waals surface area contributed by atoms with Crippen LogP contribution >= 0.6 is 23.2 Å². The van der Waals surface area contributed by atoms with E-state index >= 15 is 0 Å². The van der Waals surface area contributed by atoms with Gasteiger partial charge in [0.1, 0.15) is 5.69 Å². The van der Waals surface area contributed by atoms with Gasteiger partial charge in [-0.15, -0.1) is 0 Å². The average Bonchev–Trinajstić information content (AvgIpc) is 3.26. The second-order valence-electron chi connectivity index (χ2n) is 8.04. The molecule has 0 saturated heterocycles. The van der Waals surface area contributed by atoms with Crippen LogP contribution in [0.25, 0.3) is 16.6 Å². The topological polar surface area (TPSA) is 88.9 Å². The molecule has 7 nitrogen and oxygen atoms in total. The van der Waals surface area contributed by atoms with Gasteiger partial charge < -0.3 is 10.6 Å². The Morgan fingerprint density at radius 3 is 2.31 bits per heavy atom. The van der Waals surface area contributed by atoms with Crippen LogP contribution in [0.2, 0.25) is 10.0 Å². The molecule has 2 aromatic heterocycles. The molecule has 2 N–H and O–H groups in total. The Kier molecular flexibility index (Phi) is 6.92. The summed E-state index contributed by atoms with van der Waals surface area (Å²) in [6, 6.07) is 11.4. The zero-order valence-electron chi connectivity index (χ0n) is 18.8. The minimum atomic E-state index is -4.84. The number of fused-ring (bicyclic) bond motifs is 1. The molecule has 0 unspecified atom stereocenters. The molecule has 4 aromatic rings. The third-order valence-electron chi connectivity index (χ3n) is 5.07. The predicted octanol–water partition coefficient (Wildman–Crippen LogP) is 6.14. The maximum absolute atomic E-state index is 13.5. The number of aromatic nitrogens is 3. The van der Waals surface area contributed by atoms with Crippen molar-refractivity contribution in [3.05, 3.63) is 81.7 Å². The smallest absolute Gasteiger partial charge is 0.350 e. The van der Waals surface area contributed by atoms with Crippen molar-refractivity contribution in [2.24, 2.45) is 0 Å². The third kappa shape index (κ3) is 5.00. The van der Waals surface area contributed by atoms with Gasteiger partial charge in [-0.05, 0) is 32.0 Å². The average molecular weight is 536 g/mol. The van der Waals surface area contributed by atoms with Crippen LogP contribution in [-0.2, 0) is 6.18 Å². The summed E-state index contributed by atoms with van der Waals surface area (Å²) in [4.78, 5) is 30.3. The molecule has 0 saturated carbocycles. The molecule has 186 valence electrons. The monoisotopic (exact) mass is 535 g/mol. The van der Waals surface area contributed by atoms with Gasteiger partial charge in [-0.1, -0.05) is 47.5 Å². The first-order valence-electron chi connectivity index (χ1n) is 10.6. The van der Waals surface area contributed by atoms with Gasteiger partial charge in [0.2, 0.25) is 0 Å². The zero-order valence-corrected chi connectivity index (χ0v) is 20.3. The van der Waals surface area contributed by atoms with E-state index in [0.717, 1.165) is 0 Å². The molecule has 12 heteroatoms. The Labute approximate surface area is 213 Å². The number of pyridine rings is 1. The highest BCUT2D eigenvalue weighted by atomic mass is 35.5. The number of anilines is 1. The van der Waals surface area contributed by atoms with E-state index in [-0.39, 0.29) is 33.2 Å². The van der Waals surface area contributed by atoms with Gasteiger partial charge in [0.15, 0.2) is 11.5 Å². The number of rotatable bonds is 5. The van der Waals surface area contributed by atoms with Crippen LogP contribution < -0.4 is 10.6 Å². The van der Waals surface area contributed by atoms with Gasteiger partial charge >= 0.3 is 6.18 Å². The normalized spacial score (nSPS) is 11.7. The molecule has 4 rings (SSSR count). The predicted molar refractivity (Wildman–Crippen MR) is 131 cm³/mol. The number of nitrogens with one attached hydrogen (secondary N) is 2. The van der Waals surface area contributed by atoms with E-state index in [4.69, 9.17) is 23.2 Å². The van der Waals surface area contributed by atoms with Crippen LogP contribution in [0.3, 0.4) is 0 Å². The second-order valence-corrected chi connectivity index (χ2v) is 8.86. The van der Waals surface area contributed by atoms with E-state index in [2.05, 4.69) is 20.7 Å². The minimum absolute atomic E-state index is 0.0164.